The molecule has 0 radical (unpaired) electrons. The molecule has 3 N–H and O–H groups in total. The van der Waals surface area contributed by atoms with E-state index in [1.165, 1.54) is 11.3 Å². The fourth-order valence-electron chi connectivity index (χ4n) is 2.82. The molecule has 0 aliphatic carbocycles. The van der Waals surface area contributed by atoms with Gasteiger partial charge >= 0.3 is 0 Å². The first-order chi connectivity index (χ1) is 11.1. The molecular weight excluding hydrogens is 366 g/mol. The summed E-state index contributed by atoms with van der Waals surface area (Å²) in [5.41, 5.74) is 7.08. The summed E-state index contributed by atoms with van der Waals surface area (Å²) in [4.78, 5) is 28.6. The van der Waals surface area contributed by atoms with Gasteiger partial charge in [-0.1, -0.05) is 13.0 Å². The highest BCUT2D eigenvalue weighted by molar-refractivity contribution is 7.17. The monoisotopic (exact) mass is 385 g/mol. The van der Waals surface area contributed by atoms with E-state index in [1.807, 2.05) is 17.5 Å². The number of carbonyl (C=O) groups excluding carboxylic acids is 2. The van der Waals surface area contributed by atoms with Crippen LogP contribution in [0.5, 0.6) is 0 Å². The fraction of sp³-hybridized carbons (Fsp3) is 0.375. The third-order valence-corrected chi connectivity index (χ3v) is 6.01. The molecule has 3 rings (SSSR count). The highest BCUT2D eigenvalue weighted by Crippen LogP contribution is 2.36. The second-order valence-electron chi connectivity index (χ2n) is 5.50. The minimum absolute atomic E-state index is 0. The molecule has 2 aromatic heterocycles. The minimum atomic E-state index is -0.459. The molecule has 0 unspecified atom stereocenters. The first-order valence-electron chi connectivity index (χ1n) is 7.57. The molecule has 3 heterocycles. The lowest BCUT2D eigenvalue weighted by atomic mass is 10.0. The number of nitrogens with two attached hydrogens (primary N) is 1. The van der Waals surface area contributed by atoms with Crippen LogP contribution in [0.1, 0.15) is 32.6 Å². The van der Waals surface area contributed by atoms with E-state index in [4.69, 9.17) is 5.73 Å². The smallest absolute Gasteiger partial charge is 0.251 e. The van der Waals surface area contributed by atoms with Crippen molar-refractivity contribution in [3.8, 4) is 0 Å². The van der Waals surface area contributed by atoms with Gasteiger partial charge in [0.15, 0.2) is 0 Å². The Morgan fingerprint density at radius 3 is 2.83 bits per heavy atom. The van der Waals surface area contributed by atoms with Crippen LogP contribution in [0.2, 0.25) is 0 Å². The normalized spacial score (nSPS) is 13.9. The molecule has 1 aliphatic rings. The molecule has 0 fully saturated rings. The Morgan fingerprint density at radius 1 is 1.42 bits per heavy atom. The number of hydrogen-bond acceptors (Lipinski definition) is 5. The van der Waals surface area contributed by atoms with Crippen molar-refractivity contribution >= 4 is 51.9 Å². The number of amides is 2. The van der Waals surface area contributed by atoms with Crippen LogP contribution in [0.4, 0.5) is 5.00 Å². The molecule has 2 amide bonds. The summed E-state index contributed by atoms with van der Waals surface area (Å²) < 4.78 is 0. The number of fused-ring (bicyclic) bond motifs is 1. The van der Waals surface area contributed by atoms with Crippen LogP contribution in [0, 0.1) is 0 Å². The first-order valence-corrected chi connectivity index (χ1v) is 9.27. The molecule has 130 valence electrons. The third kappa shape index (κ3) is 3.97. The molecule has 0 saturated heterocycles. The van der Waals surface area contributed by atoms with Crippen molar-refractivity contribution in [1.82, 2.24) is 4.90 Å². The van der Waals surface area contributed by atoms with Crippen LogP contribution in [0.3, 0.4) is 0 Å². The highest BCUT2D eigenvalue weighted by Gasteiger charge is 2.27. The molecule has 0 bridgehead atoms. The maximum atomic E-state index is 12.2. The SMILES string of the molecule is CCN1CCc2c(sc(NC(=O)Cc3cccs3)c2C(N)=O)C1.Cl. The lowest BCUT2D eigenvalue weighted by Gasteiger charge is -2.25. The second-order valence-corrected chi connectivity index (χ2v) is 7.63. The number of primary amides is 1. The van der Waals surface area contributed by atoms with Crippen molar-refractivity contribution in [2.45, 2.75) is 26.3 Å². The Balaban J connectivity index is 0.00000208. The number of thiophene rings is 2. The Kier molecular flexibility index (Phi) is 6.40. The van der Waals surface area contributed by atoms with Gasteiger partial charge in [0, 0.05) is 22.8 Å². The molecule has 0 saturated carbocycles. The summed E-state index contributed by atoms with van der Waals surface area (Å²) in [5.74, 6) is -0.570. The zero-order chi connectivity index (χ0) is 16.4. The van der Waals surface area contributed by atoms with Crippen LogP contribution >= 0.6 is 35.1 Å². The van der Waals surface area contributed by atoms with Gasteiger partial charge < -0.3 is 11.1 Å². The molecule has 0 spiro atoms. The molecule has 0 aromatic carbocycles. The van der Waals surface area contributed by atoms with Gasteiger partial charge in [-0.15, -0.1) is 35.1 Å². The number of carbonyl (C=O) groups is 2. The summed E-state index contributed by atoms with van der Waals surface area (Å²) in [6.07, 6.45) is 1.12. The number of anilines is 1. The number of likely N-dealkylation sites (N-methyl/N-ethyl adjacent to an activating group) is 1. The van der Waals surface area contributed by atoms with Crippen molar-refractivity contribution in [3.63, 3.8) is 0 Å². The van der Waals surface area contributed by atoms with E-state index in [2.05, 4.69) is 17.1 Å². The Hall–Kier alpha value is -1.41. The van der Waals surface area contributed by atoms with Crippen molar-refractivity contribution in [3.05, 3.63) is 38.4 Å². The molecule has 0 atom stereocenters. The van der Waals surface area contributed by atoms with Gasteiger partial charge in [0.1, 0.15) is 5.00 Å². The zero-order valence-corrected chi connectivity index (χ0v) is 15.8. The van der Waals surface area contributed by atoms with Crippen LogP contribution in [0.25, 0.3) is 0 Å². The fourth-order valence-corrected chi connectivity index (χ4v) is 4.83. The van der Waals surface area contributed by atoms with Crippen LogP contribution in [-0.2, 0) is 24.2 Å². The number of rotatable bonds is 5. The maximum Gasteiger partial charge on any atom is 0.251 e. The van der Waals surface area contributed by atoms with Crippen molar-refractivity contribution in [2.24, 2.45) is 5.73 Å². The molecule has 5 nitrogen and oxygen atoms in total. The van der Waals surface area contributed by atoms with E-state index < -0.39 is 5.91 Å². The molecule has 24 heavy (non-hydrogen) atoms. The zero-order valence-electron chi connectivity index (χ0n) is 13.3. The summed E-state index contributed by atoms with van der Waals surface area (Å²) in [6, 6.07) is 3.85. The Morgan fingerprint density at radius 2 is 2.21 bits per heavy atom. The van der Waals surface area contributed by atoms with E-state index in [0.29, 0.717) is 17.0 Å². The number of hydrogen-bond donors (Lipinski definition) is 2. The van der Waals surface area contributed by atoms with Crippen LogP contribution < -0.4 is 11.1 Å². The average molecular weight is 386 g/mol. The topological polar surface area (TPSA) is 75.4 Å². The Labute approximate surface area is 155 Å². The van der Waals surface area contributed by atoms with E-state index >= 15 is 0 Å². The lowest BCUT2D eigenvalue weighted by molar-refractivity contribution is -0.115. The first kappa shape index (κ1) is 18.9. The van der Waals surface area contributed by atoms with E-state index in [-0.39, 0.29) is 18.3 Å². The van der Waals surface area contributed by atoms with Gasteiger partial charge in [0.25, 0.3) is 5.91 Å². The summed E-state index contributed by atoms with van der Waals surface area (Å²) in [6.45, 7) is 4.83. The average Bonchev–Trinajstić information content (AvgIpc) is 3.12. The van der Waals surface area contributed by atoms with Gasteiger partial charge in [-0.25, -0.2) is 0 Å². The number of nitrogens with zero attached hydrogens (tertiary/aromatic N) is 1. The molecular formula is C16H20ClN3O2S2. The summed E-state index contributed by atoms with van der Waals surface area (Å²) >= 11 is 3.03. The number of nitrogens with one attached hydrogen (secondary N) is 1. The Bertz CT molecular complexity index is 728. The summed E-state index contributed by atoms with van der Waals surface area (Å²) in [7, 11) is 0. The van der Waals surface area contributed by atoms with Crippen molar-refractivity contribution in [1.29, 1.82) is 0 Å². The van der Waals surface area contributed by atoms with Crippen molar-refractivity contribution in [2.75, 3.05) is 18.4 Å². The highest BCUT2D eigenvalue weighted by atomic mass is 35.5. The predicted molar refractivity (Wildman–Crippen MR) is 101 cm³/mol. The molecule has 2 aromatic rings. The van der Waals surface area contributed by atoms with E-state index in [1.54, 1.807) is 11.3 Å². The predicted octanol–water partition coefficient (Wildman–Crippen LogP) is 2.89. The van der Waals surface area contributed by atoms with Gasteiger partial charge in [0.05, 0.1) is 12.0 Å². The summed E-state index contributed by atoms with van der Waals surface area (Å²) in [5, 5.41) is 5.43. The lowest BCUT2D eigenvalue weighted by Crippen LogP contribution is -2.30. The van der Waals surface area contributed by atoms with Gasteiger partial charge in [-0.3, -0.25) is 14.5 Å². The van der Waals surface area contributed by atoms with E-state index in [9.17, 15) is 9.59 Å². The standard InChI is InChI=1S/C16H19N3O2S2.ClH/c1-2-19-6-5-11-12(9-19)23-16(14(11)15(17)21)18-13(20)8-10-4-3-7-22-10;/h3-4,7H,2,5-6,8-9H2,1H3,(H2,17,21)(H,18,20);1H. The van der Waals surface area contributed by atoms with Crippen LogP contribution in [0.15, 0.2) is 17.5 Å². The maximum absolute atomic E-state index is 12.2. The van der Waals surface area contributed by atoms with Gasteiger partial charge in [-0.05, 0) is 30.0 Å². The molecule has 8 heteroatoms. The van der Waals surface area contributed by atoms with Crippen LogP contribution in [-0.4, -0.2) is 29.8 Å². The number of halogens is 1. The minimum Gasteiger partial charge on any atom is -0.365 e. The van der Waals surface area contributed by atoms with Crippen molar-refractivity contribution < 1.29 is 9.59 Å². The van der Waals surface area contributed by atoms with E-state index in [0.717, 1.165) is 41.4 Å². The van der Waals surface area contributed by atoms with Gasteiger partial charge in [-0.2, -0.15) is 0 Å². The largest absolute Gasteiger partial charge is 0.365 e. The second kappa shape index (κ2) is 8.11. The molecule has 1 aliphatic heterocycles. The third-order valence-electron chi connectivity index (χ3n) is 4.00. The van der Waals surface area contributed by atoms with Gasteiger partial charge in [0.2, 0.25) is 5.91 Å². The quantitative estimate of drug-likeness (QED) is 0.830.